The predicted octanol–water partition coefficient (Wildman–Crippen LogP) is 3.55. The second-order valence-corrected chi connectivity index (χ2v) is 9.19. The molecule has 198 valence electrons. The van der Waals surface area contributed by atoms with Crippen LogP contribution in [0, 0.1) is 5.82 Å². The molecule has 5 rings (SSSR count). The van der Waals surface area contributed by atoms with E-state index >= 15 is 4.39 Å². The molecular weight excluding hydrogens is 499 g/mol. The van der Waals surface area contributed by atoms with E-state index in [1.54, 1.807) is 36.5 Å². The maximum Gasteiger partial charge on any atom is 0.249 e. The monoisotopic (exact) mass is 526 g/mol. The number of halogens is 1. The van der Waals surface area contributed by atoms with Gasteiger partial charge in [-0.2, -0.15) is 0 Å². The van der Waals surface area contributed by atoms with E-state index in [0.29, 0.717) is 27.8 Å². The standard InChI is InChI=1S/C28H27FN8O2/c1-3-24(38)33-18-8-9-31-23(14-18)25-20(27(30)39)6-4-17-16-32-28(35-26(17)25)34-22-7-5-19(15-21(22)29)37-12-10-36(2)11-13-37/h3-9,14-16H,1,10-13H2,2H3,(H2,30,39)(H,31,33,38)(H,32,34,35). The zero-order valence-corrected chi connectivity index (χ0v) is 21.3. The van der Waals surface area contributed by atoms with Crippen LogP contribution in [-0.4, -0.2) is 64.9 Å². The zero-order valence-electron chi connectivity index (χ0n) is 21.3. The number of nitrogens with one attached hydrogen (secondary N) is 2. The molecule has 0 bridgehead atoms. The molecular formula is C28H27FN8O2. The van der Waals surface area contributed by atoms with Gasteiger partial charge in [0, 0.05) is 60.9 Å². The number of rotatable bonds is 7. The van der Waals surface area contributed by atoms with E-state index in [1.165, 1.54) is 12.3 Å². The van der Waals surface area contributed by atoms with Crippen LogP contribution in [0.4, 0.5) is 27.4 Å². The maximum absolute atomic E-state index is 15.1. The van der Waals surface area contributed by atoms with Crippen LogP contribution in [0.3, 0.4) is 0 Å². The third-order valence-electron chi connectivity index (χ3n) is 6.55. The Hall–Kier alpha value is -4.90. The minimum atomic E-state index is -0.673. The highest BCUT2D eigenvalue weighted by atomic mass is 19.1. The lowest BCUT2D eigenvalue weighted by molar-refractivity contribution is -0.111. The average molecular weight is 527 g/mol. The van der Waals surface area contributed by atoms with Gasteiger partial charge >= 0.3 is 0 Å². The van der Waals surface area contributed by atoms with Gasteiger partial charge in [-0.3, -0.25) is 14.6 Å². The Kier molecular flexibility index (Phi) is 7.15. The molecule has 39 heavy (non-hydrogen) atoms. The first-order valence-electron chi connectivity index (χ1n) is 12.3. The maximum atomic E-state index is 15.1. The Bertz CT molecular complexity index is 1580. The summed E-state index contributed by atoms with van der Waals surface area (Å²) in [7, 11) is 2.07. The van der Waals surface area contributed by atoms with Gasteiger partial charge in [0.1, 0.15) is 5.82 Å². The quantitative estimate of drug-likeness (QED) is 0.312. The van der Waals surface area contributed by atoms with Gasteiger partial charge in [0.15, 0.2) is 0 Å². The summed E-state index contributed by atoms with van der Waals surface area (Å²) in [6.07, 6.45) is 4.21. The minimum absolute atomic E-state index is 0.132. The molecule has 0 spiro atoms. The van der Waals surface area contributed by atoms with Gasteiger partial charge in [-0.25, -0.2) is 14.4 Å². The van der Waals surface area contributed by atoms with Gasteiger partial charge in [-0.1, -0.05) is 12.6 Å². The fraction of sp³-hybridized carbons (Fsp3) is 0.179. The summed E-state index contributed by atoms with van der Waals surface area (Å²) >= 11 is 0. The van der Waals surface area contributed by atoms with Gasteiger partial charge in [0.05, 0.1) is 22.5 Å². The molecule has 1 aliphatic heterocycles. The van der Waals surface area contributed by atoms with E-state index in [4.69, 9.17) is 5.73 Å². The van der Waals surface area contributed by atoms with Crippen molar-refractivity contribution in [3.05, 3.63) is 78.9 Å². The SMILES string of the molecule is C=CC(=O)Nc1ccnc(-c2c(C(N)=O)ccc3cnc(Nc4ccc(N5CCN(C)CC5)cc4F)nc23)c1. The molecule has 1 fully saturated rings. The summed E-state index contributed by atoms with van der Waals surface area (Å²) in [5.41, 5.74) is 8.47. The van der Waals surface area contributed by atoms with Crippen molar-refractivity contribution >= 4 is 45.7 Å². The normalized spacial score (nSPS) is 13.7. The van der Waals surface area contributed by atoms with Crippen molar-refractivity contribution in [1.29, 1.82) is 0 Å². The van der Waals surface area contributed by atoms with E-state index in [-0.39, 0.29) is 17.2 Å². The number of aromatic nitrogens is 3. The Balaban J connectivity index is 1.51. The van der Waals surface area contributed by atoms with E-state index in [9.17, 15) is 9.59 Å². The summed E-state index contributed by atoms with van der Waals surface area (Å²) in [6.45, 7) is 6.94. The van der Waals surface area contributed by atoms with Crippen molar-refractivity contribution in [1.82, 2.24) is 19.9 Å². The van der Waals surface area contributed by atoms with Crippen molar-refractivity contribution in [3.8, 4) is 11.3 Å². The largest absolute Gasteiger partial charge is 0.369 e. The van der Waals surface area contributed by atoms with Crippen LogP contribution in [0.25, 0.3) is 22.2 Å². The lowest BCUT2D eigenvalue weighted by Gasteiger charge is -2.34. The summed E-state index contributed by atoms with van der Waals surface area (Å²) in [4.78, 5) is 41.9. The first kappa shape index (κ1) is 25.7. The Labute approximate surface area is 224 Å². The number of amides is 2. The van der Waals surface area contributed by atoms with E-state index < -0.39 is 17.6 Å². The van der Waals surface area contributed by atoms with Crippen LogP contribution in [-0.2, 0) is 4.79 Å². The van der Waals surface area contributed by atoms with E-state index in [2.05, 4.69) is 49.0 Å². The number of piperazine rings is 1. The number of pyridine rings is 1. The molecule has 2 aromatic carbocycles. The number of hydrogen-bond acceptors (Lipinski definition) is 8. The first-order chi connectivity index (χ1) is 18.8. The van der Waals surface area contributed by atoms with Crippen LogP contribution in [0.5, 0.6) is 0 Å². The number of nitrogens with zero attached hydrogens (tertiary/aromatic N) is 5. The highest BCUT2D eigenvalue weighted by Crippen LogP contribution is 2.32. The molecule has 0 saturated carbocycles. The number of carbonyl (C=O) groups excluding carboxylic acids is 2. The van der Waals surface area contributed by atoms with Crippen molar-refractivity contribution in [2.45, 2.75) is 0 Å². The van der Waals surface area contributed by atoms with Crippen LogP contribution in [0.2, 0.25) is 0 Å². The second-order valence-electron chi connectivity index (χ2n) is 9.19. The molecule has 10 nitrogen and oxygen atoms in total. The third kappa shape index (κ3) is 5.53. The number of fused-ring (bicyclic) bond motifs is 1. The van der Waals surface area contributed by atoms with Crippen molar-refractivity contribution in [2.24, 2.45) is 5.73 Å². The van der Waals surface area contributed by atoms with Crippen LogP contribution >= 0.6 is 0 Å². The van der Waals surface area contributed by atoms with Gasteiger partial charge < -0.3 is 26.2 Å². The van der Waals surface area contributed by atoms with Gasteiger partial charge in [0.25, 0.3) is 0 Å². The topological polar surface area (TPSA) is 129 Å². The van der Waals surface area contributed by atoms with Crippen molar-refractivity contribution in [3.63, 3.8) is 0 Å². The number of benzene rings is 2. The zero-order chi connectivity index (χ0) is 27.5. The molecule has 4 aromatic rings. The molecule has 1 saturated heterocycles. The molecule has 1 aliphatic rings. The smallest absolute Gasteiger partial charge is 0.249 e. The summed E-state index contributed by atoms with van der Waals surface area (Å²) < 4.78 is 15.1. The number of anilines is 4. The number of hydrogen-bond donors (Lipinski definition) is 3. The lowest BCUT2D eigenvalue weighted by atomic mass is 9.99. The third-order valence-corrected chi connectivity index (χ3v) is 6.55. The van der Waals surface area contributed by atoms with Crippen molar-refractivity contribution in [2.75, 3.05) is 48.8 Å². The molecule has 11 heteroatoms. The second kappa shape index (κ2) is 10.8. The van der Waals surface area contributed by atoms with E-state index in [1.807, 2.05) is 6.07 Å². The van der Waals surface area contributed by atoms with Crippen LogP contribution in [0.1, 0.15) is 10.4 Å². The highest BCUT2D eigenvalue weighted by molar-refractivity contribution is 6.08. The summed E-state index contributed by atoms with van der Waals surface area (Å²) in [6, 6.07) is 11.5. The number of primary amides is 1. The number of carbonyl (C=O) groups is 2. The van der Waals surface area contributed by atoms with Crippen LogP contribution < -0.4 is 21.3 Å². The van der Waals surface area contributed by atoms with Crippen LogP contribution in [0.15, 0.2) is 67.5 Å². The fourth-order valence-corrected chi connectivity index (χ4v) is 4.45. The minimum Gasteiger partial charge on any atom is -0.369 e. The molecule has 2 aromatic heterocycles. The Morgan fingerprint density at radius 3 is 2.59 bits per heavy atom. The number of likely N-dealkylation sites (N-methyl/N-ethyl adjacent to an activating group) is 1. The Morgan fingerprint density at radius 2 is 1.87 bits per heavy atom. The van der Waals surface area contributed by atoms with E-state index in [0.717, 1.165) is 37.9 Å². The summed E-state index contributed by atoms with van der Waals surface area (Å²) in [5, 5.41) is 6.24. The highest BCUT2D eigenvalue weighted by Gasteiger charge is 2.19. The molecule has 0 aliphatic carbocycles. The average Bonchev–Trinajstić information content (AvgIpc) is 2.94. The molecule has 0 radical (unpaired) electrons. The van der Waals surface area contributed by atoms with Gasteiger partial charge in [-0.05, 0) is 49.5 Å². The fourth-order valence-electron chi connectivity index (χ4n) is 4.45. The summed E-state index contributed by atoms with van der Waals surface area (Å²) in [5.74, 6) is -1.37. The van der Waals surface area contributed by atoms with Gasteiger partial charge in [-0.15, -0.1) is 0 Å². The molecule has 2 amide bonds. The molecule has 0 atom stereocenters. The van der Waals surface area contributed by atoms with Gasteiger partial charge in [0.2, 0.25) is 17.8 Å². The molecule has 4 N–H and O–H groups in total. The van der Waals surface area contributed by atoms with Crippen molar-refractivity contribution < 1.29 is 14.0 Å². The molecule has 0 unspecified atom stereocenters. The molecule has 3 heterocycles. The lowest BCUT2D eigenvalue weighted by Crippen LogP contribution is -2.44. The first-order valence-corrected chi connectivity index (χ1v) is 12.3. The Morgan fingerprint density at radius 1 is 1.08 bits per heavy atom. The predicted molar refractivity (Wildman–Crippen MR) is 150 cm³/mol. The number of nitrogens with two attached hydrogens (primary N) is 1.